The maximum atomic E-state index is 12.0. The van der Waals surface area contributed by atoms with E-state index in [9.17, 15) is 20.0 Å². The first kappa shape index (κ1) is 20.6. The number of aromatic amines is 1. The number of amides is 1. The number of pyridine rings is 1. The molecule has 3 aromatic rings. The number of carboxylic acid groups (broad SMARTS) is 1. The van der Waals surface area contributed by atoms with Crippen molar-refractivity contribution in [1.82, 2.24) is 24.6 Å². The molecule has 1 fully saturated rings. The summed E-state index contributed by atoms with van der Waals surface area (Å²) >= 11 is 0. The maximum Gasteiger partial charge on any atom is 0.307 e. The predicted molar refractivity (Wildman–Crippen MR) is 112 cm³/mol. The van der Waals surface area contributed by atoms with Gasteiger partial charge in [-0.2, -0.15) is 10.4 Å². The molecule has 1 aliphatic heterocycles. The summed E-state index contributed by atoms with van der Waals surface area (Å²) in [6, 6.07) is 4.06. The number of nitrogens with zero attached hydrogens (tertiary/aromatic N) is 5. The lowest BCUT2D eigenvalue weighted by Crippen LogP contribution is -2.63. The van der Waals surface area contributed by atoms with Crippen molar-refractivity contribution in [3.05, 3.63) is 36.4 Å². The predicted octanol–water partition coefficient (Wildman–Crippen LogP) is 1.56. The van der Waals surface area contributed by atoms with Crippen molar-refractivity contribution < 1.29 is 14.7 Å². The Balaban J connectivity index is 1.66. The molecule has 0 aromatic carbocycles. The molecule has 1 saturated heterocycles. The van der Waals surface area contributed by atoms with Gasteiger partial charge >= 0.3 is 5.97 Å². The van der Waals surface area contributed by atoms with Crippen LogP contribution in [-0.4, -0.2) is 61.3 Å². The van der Waals surface area contributed by atoms with Crippen LogP contribution in [0.2, 0.25) is 0 Å². The summed E-state index contributed by atoms with van der Waals surface area (Å²) < 4.78 is 1.76. The minimum atomic E-state index is -0.811. The molecule has 0 radical (unpaired) electrons. The van der Waals surface area contributed by atoms with Crippen molar-refractivity contribution in [3.8, 4) is 17.2 Å². The first-order valence-electron chi connectivity index (χ1n) is 10.0. The Labute approximate surface area is 178 Å². The molecule has 0 bridgehead atoms. The van der Waals surface area contributed by atoms with Crippen LogP contribution < -0.4 is 5.73 Å². The number of carbonyl (C=O) groups is 2. The number of rotatable bonds is 8. The van der Waals surface area contributed by atoms with Crippen LogP contribution in [0.3, 0.4) is 0 Å². The largest absolute Gasteiger partial charge is 0.481 e. The van der Waals surface area contributed by atoms with Gasteiger partial charge in [0.2, 0.25) is 0 Å². The normalized spacial score (nSPS) is 16.5. The number of nitrogens with two attached hydrogens (primary N) is 1. The molecule has 0 aliphatic carbocycles. The summed E-state index contributed by atoms with van der Waals surface area (Å²) in [6.07, 6.45) is 7.45. The van der Waals surface area contributed by atoms with Crippen LogP contribution in [0.25, 0.3) is 22.2 Å². The van der Waals surface area contributed by atoms with Gasteiger partial charge in [0.15, 0.2) is 0 Å². The van der Waals surface area contributed by atoms with Gasteiger partial charge in [-0.1, -0.05) is 6.92 Å². The number of nitrogens with one attached hydrogen (secondary N) is 1. The van der Waals surface area contributed by atoms with E-state index in [1.165, 1.54) is 6.20 Å². The molecule has 0 saturated carbocycles. The van der Waals surface area contributed by atoms with Crippen LogP contribution in [0.15, 0.2) is 30.9 Å². The van der Waals surface area contributed by atoms with Gasteiger partial charge in [0.25, 0.3) is 5.91 Å². The van der Waals surface area contributed by atoms with Crippen LogP contribution in [0.1, 0.15) is 30.1 Å². The summed E-state index contributed by atoms with van der Waals surface area (Å²) in [6.45, 7) is 3.36. The third-order valence-corrected chi connectivity index (χ3v) is 5.97. The minimum absolute atomic E-state index is 0.243. The van der Waals surface area contributed by atoms with Gasteiger partial charge in [0.1, 0.15) is 11.2 Å². The van der Waals surface area contributed by atoms with Crippen LogP contribution in [0.5, 0.6) is 0 Å². The zero-order chi connectivity index (χ0) is 22.2. The molecule has 10 heteroatoms. The fourth-order valence-corrected chi connectivity index (χ4v) is 4.31. The number of carboxylic acids is 1. The van der Waals surface area contributed by atoms with Gasteiger partial charge in [0, 0.05) is 54.7 Å². The number of aromatic nitrogens is 4. The van der Waals surface area contributed by atoms with Crippen molar-refractivity contribution in [2.75, 3.05) is 19.6 Å². The average molecular weight is 421 g/mol. The van der Waals surface area contributed by atoms with Gasteiger partial charge in [-0.05, 0) is 12.5 Å². The number of hydrogen-bond acceptors (Lipinski definition) is 6. The molecule has 10 nitrogen and oxygen atoms in total. The number of carbonyl (C=O) groups excluding carboxylic acids is 1. The number of likely N-dealkylation sites (tertiary alicyclic amines) is 1. The number of primary amides is 1. The Bertz CT molecular complexity index is 1180. The molecule has 1 amide bonds. The summed E-state index contributed by atoms with van der Waals surface area (Å²) in [7, 11) is 0. The molecule has 1 atom stereocenters. The monoisotopic (exact) mass is 421 g/mol. The number of hydrogen-bond donors (Lipinski definition) is 3. The van der Waals surface area contributed by atoms with Gasteiger partial charge in [-0.15, -0.1) is 0 Å². The third kappa shape index (κ3) is 3.53. The van der Waals surface area contributed by atoms with E-state index in [-0.39, 0.29) is 6.42 Å². The SMILES string of the molecule is CCC(CN1CC(CC#N)(n2cc(-c3c(C(N)=O)cnc4[nH]ccc34)cn2)C1)C(=O)O. The summed E-state index contributed by atoms with van der Waals surface area (Å²) in [4.78, 5) is 32.7. The Hall–Kier alpha value is -3.71. The van der Waals surface area contributed by atoms with E-state index < -0.39 is 23.3 Å². The van der Waals surface area contributed by atoms with Crippen molar-refractivity contribution in [3.63, 3.8) is 0 Å². The second kappa shape index (κ2) is 7.85. The number of aliphatic carboxylic acids is 1. The lowest BCUT2D eigenvalue weighted by Gasteiger charge is -2.49. The minimum Gasteiger partial charge on any atom is -0.481 e. The molecular weight excluding hydrogens is 398 g/mol. The zero-order valence-electron chi connectivity index (χ0n) is 17.1. The van der Waals surface area contributed by atoms with Gasteiger partial charge in [-0.25, -0.2) is 4.98 Å². The smallest absolute Gasteiger partial charge is 0.307 e. The molecular formula is C21H23N7O3. The summed E-state index contributed by atoms with van der Waals surface area (Å²) in [5.74, 6) is -1.84. The quantitative estimate of drug-likeness (QED) is 0.498. The fraction of sp³-hybridized carbons (Fsp3) is 0.381. The molecule has 4 N–H and O–H groups in total. The van der Waals surface area contributed by atoms with E-state index in [2.05, 4.69) is 21.1 Å². The highest BCUT2D eigenvalue weighted by Gasteiger charge is 2.46. The van der Waals surface area contributed by atoms with Crippen LogP contribution >= 0.6 is 0 Å². The molecule has 4 heterocycles. The van der Waals surface area contributed by atoms with E-state index in [4.69, 9.17) is 5.73 Å². The highest BCUT2D eigenvalue weighted by Crippen LogP contribution is 2.36. The lowest BCUT2D eigenvalue weighted by atomic mass is 9.85. The lowest BCUT2D eigenvalue weighted by molar-refractivity contribution is -0.143. The Morgan fingerprint density at radius 1 is 1.42 bits per heavy atom. The first-order valence-corrected chi connectivity index (χ1v) is 10.0. The van der Waals surface area contributed by atoms with Crippen molar-refractivity contribution in [1.29, 1.82) is 5.26 Å². The van der Waals surface area contributed by atoms with E-state index >= 15 is 0 Å². The topological polar surface area (TPSA) is 154 Å². The van der Waals surface area contributed by atoms with Crippen LogP contribution in [0.4, 0.5) is 0 Å². The van der Waals surface area contributed by atoms with Gasteiger partial charge in [-0.3, -0.25) is 19.2 Å². The van der Waals surface area contributed by atoms with E-state index in [1.807, 2.05) is 24.1 Å². The number of fused-ring (bicyclic) bond motifs is 1. The van der Waals surface area contributed by atoms with Crippen molar-refractivity contribution in [2.45, 2.75) is 25.3 Å². The molecule has 31 heavy (non-hydrogen) atoms. The molecule has 1 unspecified atom stereocenters. The number of H-pyrrole nitrogens is 1. The van der Waals surface area contributed by atoms with Crippen LogP contribution in [-0.2, 0) is 10.3 Å². The zero-order valence-corrected chi connectivity index (χ0v) is 17.1. The fourth-order valence-electron chi connectivity index (χ4n) is 4.31. The van der Waals surface area contributed by atoms with E-state index in [1.54, 1.807) is 17.1 Å². The second-order valence-electron chi connectivity index (χ2n) is 8.00. The molecule has 160 valence electrons. The van der Waals surface area contributed by atoms with Gasteiger partial charge < -0.3 is 15.8 Å². The van der Waals surface area contributed by atoms with Gasteiger partial charge in [0.05, 0.1) is 30.2 Å². The van der Waals surface area contributed by atoms with E-state index in [0.717, 1.165) is 5.39 Å². The summed E-state index contributed by atoms with van der Waals surface area (Å²) in [5, 5.41) is 24.0. The number of nitriles is 1. The Morgan fingerprint density at radius 2 is 2.19 bits per heavy atom. The Morgan fingerprint density at radius 3 is 2.84 bits per heavy atom. The standard InChI is InChI=1S/C21H23N7O3/c1-2-13(20(30)31)9-27-11-21(12-27,4-5-22)28-10-14(7-26-28)17-15-3-6-24-19(15)25-8-16(17)18(23)29/h3,6-8,10,13H,2,4,9,11-12H2,1H3,(H2,23,29)(H,24,25)(H,30,31). The van der Waals surface area contributed by atoms with Crippen LogP contribution in [0, 0.1) is 17.2 Å². The van der Waals surface area contributed by atoms with E-state index in [0.29, 0.717) is 48.4 Å². The molecule has 0 spiro atoms. The average Bonchev–Trinajstić information content (AvgIpc) is 3.37. The highest BCUT2D eigenvalue weighted by atomic mass is 16.4. The Kier molecular flexibility index (Phi) is 5.20. The molecule has 1 aliphatic rings. The van der Waals surface area contributed by atoms with Crippen molar-refractivity contribution in [2.24, 2.45) is 11.7 Å². The second-order valence-corrected chi connectivity index (χ2v) is 8.00. The first-order chi connectivity index (χ1) is 14.9. The molecule has 3 aromatic heterocycles. The third-order valence-electron chi connectivity index (χ3n) is 5.97. The van der Waals surface area contributed by atoms with Crippen molar-refractivity contribution >= 4 is 22.9 Å². The maximum absolute atomic E-state index is 12.0. The molecule has 4 rings (SSSR count). The highest BCUT2D eigenvalue weighted by molar-refractivity contribution is 6.07. The summed E-state index contributed by atoms with van der Waals surface area (Å²) in [5.41, 5.74) is 7.31.